The highest BCUT2D eigenvalue weighted by Gasteiger charge is 2.28. The molecule has 0 radical (unpaired) electrons. The highest BCUT2D eigenvalue weighted by molar-refractivity contribution is 6.32. The lowest BCUT2D eigenvalue weighted by atomic mass is 9.94. The molecule has 0 unspecified atom stereocenters. The minimum Gasteiger partial charge on any atom is -0.390 e. The van der Waals surface area contributed by atoms with E-state index in [1.165, 1.54) is 24.3 Å². The maximum atomic E-state index is 13.6. The molecular weight excluding hydrogens is 281 g/mol. The number of hydrogen-bond donors (Lipinski definition) is 1. The summed E-state index contributed by atoms with van der Waals surface area (Å²) in [5.74, 6) is -0.650. The number of carbonyl (C=O) groups excluding carboxylic acids is 1. The molecule has 0 aliphatic carbocycles. The summed E-state index contributed by atoms with van der Waals surface area (Å²) in [6, 6.07) is 4.39. The summed E-state index contributed by atoms with van der Waals surface area (Å²) in [6.07, 6.45) is 3.82. The van der Waals surface area contributed by atoms with E-state index in [1.807, 2.05) is 0 Å². The van der Waals surface area contributed by atoms with Gasteiger partial charge in [0.1, 0.15) is 5.82 Å². The quantitative estimate of drug-likeness (QED) is 0.853. The van der Waals surface area contributed by atoms with Gasteiger partial charge in [-0.3, -0.25) is 4.79 Å². The molecule has 5 heteroatoms. The van der Waals surface area contributed by atoms with Gasteiger partial charge in [-0.05, 0) is 38.0 Å². The van der Waals surface area contributed by atoms with Crippen LogP contribution in [-0.4, -0.2) is 34.6 Å². The van der Waals surface area contributed by atoms with Crippen molar-refractivity contribution in [1.82, 2.24) is 4.90 Å². The second-order valence-electron chi connectivity index (χ2n) is 5.29. The first kappa shape index (κ1) is 15.0. The third-order valence-corrected chi connectivity index (χ3v) is 3.87. The number of rotatable bonds is 2. The van der Waals surface area contributed by atoms with E-state index in [2.05, 4.69) is 0 Å². The topological polar surface area (TPSA) is 40.5 Å². The van der Waals surface area contributed by atoms with Gasteiger partial charge >= 0.3 is 0 Å². The Balaban J connectivity index is 2.03. The number of benzene rings is 1. The fourth-order valence-corrected chi connectivity index (χ4v) is 2.36. The Morgan fingerprint density at radius 1 is 1.45 bits per heavy atom. The van der Waals surface area contributed by atoms with E-state index < -0.39 is 11.4 Å². The molecule has 1 heterocycles. The van der Waals surface area contributed by atoms with Gasteiger partial charge in [-0.1, -0.05) is 17.7 Å². The molecule has 3 nitrogen and oxygen atoms in total. The Hall–Kier alpha value is -1.39. The van der Waals surface area contributed by atoms with Crippen LogP contribution in [0.3, 0.4) is 0 Å². The van der Waals surface area contributed by atoms with E-state index in [0.29, 0.717) is 25.9 Å². The van der Waals surface area contributed by atoms with Crippen molar-refractivity contribution in [1.29, 1.82) is 0 Å². The molecule has 1 fully saturated rings. The Bertz CT molecular complexity index is 512. The van der Waals surface area contributed by atoms with E-state index in [1.54, 1.807) is 17.9 Å². The van der Waals surface area contributed by atoms with E-state index in [-0.39, 0.29) is 16.5 Å². The lowest BCUT2D eigenvalue weighted by Crippen LogP contribution is -2.44. The lowest BCUT2D eigenvalue weighted by molar-refractivity contribution is -0.129. The van der Waals surface area contributed by atoms with E-state index in [4.69, 9.17) is 11.6 Å². The van der Waals surface area contributed by atoms with Crippen molar-refractivity contribution in [2.45, 2.75) is 25.4 Å². The van der Waals surface area contributed by atoms with E-state index in [9.17, 15) is 14.3 Å². The molecule has 1 N–H and O–H groups in total. The normalized spacial score (nSPS) is 18.5. The van der Waals surface area contributed by atoms with Crippen LogP contribution < -0.4 is 0 Å². The average Bonchev–Trinajstić information content (AvgIpc) is 2.37. The minimum atomic E-state index is -0.699. The summed E-state index contributed by atoms with van der Waals surface area (Å²) in [5, 5.41) is 10.1. The first-order valence-electron chi connectivity index (χ1n) is 6.52. The Morgan fingerprint density at radius 3 is 2.70 bits per heavy atom. The number of hydrogen-bond acceptors (Lipinski definition) is 2. The average molecular weight is 298 g/mol. The Labute approximate surface area is 122 Å². The summed E-state index contributed by atoms with van der Waals surface area (Å²) in [5.41, 5.74) is -0.485. The molecule has 0 spiro atoms. The van der Waals surface area contributed by atoms with Crippen LogP contribution in [0.4, 0.5) is 4.39 Å². The number of amides is 1. The van der Waals surface area contributed by atoms with Gasteiger partial charge in [0.25, 0.3) is 0 Å². The number of piperidine rings is 1. The standard InChI is InChI=1S/C15H17ClFNO2/c1-15(20)7-9-18(10-8-15)14(19)6-5-11-12(16)3-2-4-13(11)17/h2-6,20H,7-10H2,1H3/b6-5+. The van der Waals surface area contributed by atoms with Crippen molar-refractivity contribution in [3.05, 3.63) is 40.7 Å². The summed E-state index contributed by atoms with van der Waals surface area (Å²) in [6.45, 7) is 2.77. The summed E-state index contributed by atoms with van der Waals surface area (Å²) < 4.78 is 13.6. The molecule has 1 aliphatic rings. The highest BCUT2D eigenvalue weighted by Crippen LogP contribution is 2.23. The van der Waals surface area contributed by atoms with Crippen LogP contribution >= 0.6 is 11.6 Å². The largest absolute Gasteiger partial charge is 0.390 e. The van der Waals surface area contributed by atoms with Crippen LogP contribution in [0.5, 0.6) is 0 Å². The molecule has 0 atom stereocenters. The van der Waals surface area contributed by atoms with Gasteiger partial charge in [0.15, 0.2) is 0 Å². The van der Waals surface area contributed by atoms with Gasteiger partial charge in [0.05, 0.1) is 10.6 Å². The minimum absolute atomic E-state index is 0.195. The number of halogens is 2. The van der Waals surface area contributed by atoms with Crippen LogP contribution in [0.1, 0.15) is 25.3 Å². The summed E-state index contributed by atoms with van der Waals surface area (Å²) >= 11 is 5.89. The fourth-order valence-electron chi connectivity index (χ4n) is 2.14. The number of nitrogens with zero attached hydrogens (tertiary/aromatic N) is 1. The molecule has 1 aliphatic heterocycles. The molecule has 1 amide bonds. The molecule has 2 rings (SSSR count). The van der Waals surface area contributed by atoms with Crippen LogP contribution in [-0.2, 0) is 4.79 Å². The van der Waals surface area contributed by atoms with E-state index >= 15 is 0 Å². The maximum Gasteiger partial charge on any atom is 0.246 e. The highest BCUT2D eigenvalue weighted by atomic mass is 35.5. The van der Waals surface area contributed by atoms with Gasteiger partial charge in [0.2, 0.25) is 5.91 Å². The van der Waals surface area contributed by atoms with Gasteiger partial charge < -0.3 is 10.0 Å². The molecule has 20 heavy (non-hydrogen) atoms. The summed E-state index contributed by atoms with van der Waals surface area (Å²) in [4.78, 5) is 13.6. The zero-order chi connectivity index (χ0) is 14.8. The predicted octanol–water partition coefficient (Wildman–Crippen LogP) is 2.87. The molecule has 1 saturated heterocycles. The molecule has 108 valence electrons. The van der Waals surface area contributed by atoms with Gasteiger partial charge in [-0.2, -0.15) is 0 Å². The van der Waals surface area contributed by atoms with Crippen LogP contribution in [0.2, 0.25) is 5.02 Å². The van der Waals surface area contributed by atoms with Gasteiger partial charge in [-0.25, -0.2) is 4.39 Å². The Kier molecular flexibility index (Phi) is 4.45. The molecule has 1 aromatic carbocycles. The third-order valence-electron chi connectivity index (χ3n) is 3.54. The van der Waals surface area contributed by atoms with Crippen molar-refractivity contribution in [3.8, 4) is 0 Å². The zero-order valence-corrected chi connectivity index (χ0v) is 12.0. The smallest absolute Gasteiger partial charge is 0.246 e. The van der Waals surface area contributed by atoms with Gasteiger partial charge in [0, 0.05) is 24.7 Å². The lowest BCUT2D eigenvalue weighted by Gasteiger charge is -2.35. The van der Waals surface area contributed by atoms with Crippen molar-refractivity contribution >= 4 is 23.6 Å². The third kappa shape index (κ3) is 3.58. The van der Waals surface area contributed by atoms with Gasteiger partial charge in [-0.15, -0.1) is 0 Å². The Morgan fingerprint density at radius 2 is 2.10 bits per heavy atom. The first-order chi connectivity index (χ1) is 9.39. The molecule has 0 saturated carbocycles. The summed E-state index contributed by atoms with van der Waals surface area (Å²) in [7, 11) is 0. The van der Waals surface area contributed by atoms with Crippen molar-refractivity contribution < 1.29 is 14.3 Å². The van der Waals surface area contributed by atoms with Crippen LogP contribution in [0, 0.1) is 5.82 Å². The molecular formula is C15H17ClFNO2. The van der Waals surface area contributed by atoms with Crippen molar-refractivity contribution in [2.24, 2.45) is 0 Å². The second kappa shape index (κ2) is 5.94. The zero-order valence-electron chi connectivity index (χ0n) is 11.3. The number of carbonyl (C=O) groups is 1. The van der Waals surface area contributed by atoms with Crippen molar-refractivity contribution in [3.63, 3.8) is 0 Å². The number of likely N-dealkylation sites (tertiary alicyclic amines) is 1. The molecule has 0 aromatic heterocycles. The molecule has 0 bridgehead atoms. The SMILES string of the molecule is CC1(O)CCN(C(=O)/C=C/c2c(F)cccc2Cl)CC1. The predicted molar refractivity (Wildman–Crippen MR) is 76.9 cm³/mol. The number of aliphatic hydroxyl groups is 1. The molecule has 1 aromatic rings. The van der Waals surface area contributed by atoms with Crippen LogP contribution in [0.15, 0.2) is 24.3 Å². The van der Waals surface area contributed by atoms with E-state index in [0.717, 1.165) is 0 Å². The van der Waals surface area contributed by atoms with Crippen molar-refractivity contribution in [2.75, 3.05) is 13.1 Å². The first-order valence-corrected chi connectivity index (χ1v) is 6.90. The monoisotopic (exact) mass is 297 g/mol. The second-order valence-corrected chi connectivity index (χ2v) is 5.70. The maximum absolute atomic E-state index is 13.6. The fraction of sp³-hybridized carbons (Fsp3) is 0.400. The van der Waals surface area contributed by atoms with Crippen LogP contribution in [0.25, 0.3) is 6.08 Å².